The Kier molecular flexibility index (Phi) is 5.73. The van der Waals surface area contributed by atoms with Crippen LogP contribution >= 0.6 is 11.6 Å². The smallest absolute Gasteiger partial charge is 0.253 e. The third-order valence-electron chi connectivity index (χ3n) is 3.07. The lowest BCUT2D eigenvalue weighted by atomic mass is 9.90. The summed E-state index contributed by atoms with van der Waals surface area (Å²) in [5.41, 5.74) is 2.11. The van der Waals surface area contributed by atoms with E-state index in [0.717, 1.165) is 17.8 Å². The van der Waals surface area contributed by atoms with Crippen molar-refractivity contribution in [2.75, 3.05) is 12.4 Å². The van der Waals surface area contributed by atoms with Crippen LogP contribution in [0, 0.1) is 12.3 Å². The SMILES string of the molecule is CCc1nnc(C)cc1C(=O)NCC(C)(C)CCCl. The van der Waals surface area contributed by atoms with Gasteiger partial charge in [0.25, 0.3) is 5.91 Å². The minimum Gasteiger partial charge on any atom is -0.351 e. The van der Waals surface area contributed by atoms with E-state index in [0.29, 0.717) is 24.4 Å². The zero-order chi connectivity index (χ0) is 14.5. The Morgan fingerprint density at radius 3 is 2.68 bits per heavy atom. The molecule has 0 spiro atoms. The summed E-state index contributed by atoms with van der Waals surface area (Å²) in [6.45, 7) is 8.58. The Morgan fingerprint density at radius 1 is 1.42 bits per heavy atom. The van der Waals surface area contributed by atoms with Gasteiger partial charge in [0.1, 0.15) is 0 Å². The summed E-state index contributed by atoms with van der Waals surface area (Å²) in [4.78, 5) is 12.2. The monoisotopic (exact) mass is 283 g/mol. The molecule has 106 valence electrons. The molecule has 1 aromatic rings. The molecule has 0 fully saturated rings. The lowest BCUT2D eigenvalue weighted by Crippen LogP contribution is -2.35. The Labute approximate surface area is 120 Å². The number of nitrogens with zero attached hydrogens (tertiary/aromatic N) is 2. The molecule has 1 N–H and O–H groups in total. The fourth-order valence-corrected chi connectivity index (χ4v) is 2.24. The van der Waals surface area contributed by atoms with Gasteiger partial charge in [0, 0.05) is 12.4 Å². The van der Waals surface area contributed by atoms with Crippen molar-refractivity contribution >= 4 is 17.5 Å². The number of hydrogen-bond donors (Lipinski definition) is 1. The third kappa shape index (κ3) is 4.78. The van der Waals surface area contributed by atoms with E-state index >= 15 is 0 Å². The number of aromatic nitrogens is 2. The second-order valence-electron chi connectivity index (χ2n) is 5.49. The van der Waals surface area contributed by atoms with Crippen molar-refractivity contribution in [3.05, 3.63) is 23.0 Å². The number of aryl methyl sites for hydroxylation is 2. The van der Waals surface area contributed by atoms with Gasteiger partial charge >= 0.3 is 0 Å². The molecule has 0 saturated carbocycles. The van der Waals surface area contributed by atoms with Gasteiger partial charge < -0.3 is 5.32 Å². The van der Waals surface area contributed by atoms with E-state index in [2.05, 4.69) is 29.4 Å². The van der Waals surface area contributed by atoms with Crippen LogP contribution in [0.25, 0.3) is 0 Å². The van der Waals surface area contributed by atoms with Crippen LogP contribution in [0.5, 0.6) is 0 Å². The van der Waals surface area contributed by atoms with Crippen molar-refractivity contribution in [1.82, 2.24) is 15.5 Å². The number of alkyl halides is 1. The van der Waals surface area contributed by atoms with Crippen LogP contribution < -0.4 is 5.32 Å². The topological polar surface area (TPSA) is 54.9 Å². The Bertz CT molecular complexity index is 446. The van der Waals surface area contributed by atoms with E-state index in [1.54, 1.807) is 6.07 Å². The van der Waals surface area contributed by atoms with Gasteiger partial charge in [0.2, 0.25) is 0 Å². The number of carbonyl (C=O) groups is 1. The second kappa shape index (κ2) is 6.85. The standard InChI is InChI=1S/C14H22ClN3O/c1-5-12-11(8-10(2)17-18-12)13(19)16-9-14(3,4)6-7-15/h8H,5-7,9H2,1-4H3,(H,16,19). The zero-order valence-corrected chi connectivity index (χ0v) is 12.8. The number of halogens is 1. The highest BCUT2D eigenvalue weighted by Crippen LogP contribution is 2.19. The molecule has 1 amide bonds. The highest BCUT2D eigenvalue weighted by Gasteiger charge is 2.20. The minimum absolute atomic E-state index is 0.000703. The summed E-state index contributed by atoms with van der Waals surface area (Å²) in [5, 5.41) is 11.0. The predicted octanol–water partition coefficient (Wildman–Crippen LogP) is 2.73. The summed E-state index contributed by atoms with van der Waals surface area (Å²) in [5.74, 6) is 0.511. The van der Waals surface area contributed by atoms with Crippen LogP contribution in [0.1, 0.15) is 48.9 Å². The van der Waals surface area contributed by atoms with Crippen molar-refractivity contribution in [1.29, 1.82) is 0 Å². The average molecular weight is 284 g/mol. The molecular formula is C14H22ClN3O. The molecule has 0 radical (unpaired) electrons. The van der Waals surface area contributed by atoms with Crippen LogP contribution in [-0.2, 0) is 6.42 Å². The first kappa shape index (κ1) is 15.9. The van der Waals surface area contributed by atoms with Gasteiger partial charge in [0.15, 0.2) is 0 Å². The molecule has 0 saturated heterocycles. The Morgan fingerprint density at radius 2 is 2.11 bits per heavy atom. The van der Waals surface area contributed by atoms with Crippen molar-refractivity contribution < 1.29 is 4.79 Å². The number of amides is 1. The molecule has 19 heavy (non-hydrogen) atoms. The molecule has 1 heterocycles. The van der Waals surface area contributed by atoms with E-state index < -0.39 is 0 Å². The second-order valence-corrected chi connectivity index (χ2v) is 5.86. The fraction of sp³-hybridized carbons (Fsp3) is 0.643. The first-order valence-corrected chi connectivity index (χ1v) is 7.10. The molecule has 0 aromatic carbocycles. The number of rotatable bonds is 6. The molecule has 0 atom stereocenters. The first-order valence-electron chi connectivity index (χ1n) is 6.57. The highest BCUT2D eigenvalue weighted by molar-refractivity contribution is 6.17. The predicted molar refractivity (Wildman–Crippen MR) is 77.6 cm³/mol. The summed E-state index contributed by atoms with van der Waals surface area (Å²) < 4.78 is 0. The first-order chi connectivity index (χ1) is 8.89. The van der Waals surface area contributed by atoms with E-state index in [4.69, 9.17) is 11.6 Å². The summed E-state index contributed by atoms with van der Waals surface area (Å²) in [6.07, 6.45) is 1.56. The van der Waals surface area contributed by atoms with E-state index in [1.807, 2.05) is 13.8 Å². The summed E-state index contributed by atoms with van der Waals surface area (Å²) >= 11 is 5.76. The van der Waals surface area contributed by atoms with Gasteiger partial charge in [-0.1, -0.05) is 20.8 Å². The average Bonchev–Trinajstić information content (AvgIpc) is 2.36. The number of carbonyl (C=O) groups excluding carboxylic acids is 1. The Hall–Kier alpha value is -1.16. The molecule has 1 rings (SSSR count). The van der Waals surface area contributed by atoms with Gasteiger partial charge in [-0.05, 0) is 31.2 Å². The molecular weight excluding hydrogens is 262 g/mol. The molecule has 0 aliphatic carbocycles. The maximum Gasteiger partial charge on any atom is 0.253 e. The van der Waals surface area contributed by atoms with Crippen molar-refractivity contribution in [3.63, 3.8) is 0 Å². The molecule has 0 unspecified atom stereocenters. The van der Waals surface area contributed by atoms with Crippen LogP contribution in [0.4, 0.5) is 0 Å². The van der Waals surface area contributed by atoms with Crippen LogP contribution in [0.2, 0.25) is 0 Å². The van der Waals surface area contributed by atoms with Crippen molar-refractivity contribution in [3.8, 4) is 0 Å². The summed E-state index contributed by atoms with van der Waals surface area (Å²) in [7, 11) is 0. The molecule has 0 aliphatic heterocycles. The van der Waals surface area contributed by atoms with Crippen LogP contribution in [0.3, 0.4) is 0 Å². The van der Waals surface area contributed by atoms with E-state index in [9.17, 15) is 4.79 Å². The third-order valence-corrected chi connectivity index (χ3v) is 3.26. The summed E-state index contributed by atoms with van der Waals surface area (Å²) in [6, 6.07) is 1.79. The molecule has 4 nitrogen and oxygen atoms in total. The van der Waals surface area contributed by atoms with E-state index in [-0.39, 0.29) is 11.3 Å². The van der Waals surface area contributed by atoms with Crippen molar-refractivity contribution in [2.45, 2.75) is 40.5 Å². The maximum atomic E-state index is 12.2. The van der Waals surface area contributed by atoms with Crippen LogP contribution in [-0.4, -0.2) is 28.5 Å². The lowest BCUT2D eigenvalue weighted by Gasteiger charge is -2.24. The minimum atomic E-state index is -0.0857. The van der Waals surface area contributed by atoms with E-state index in [1.165, 1.54) is 0 Å². The lowest BCUT2D eigenvalue weighted by molar-refractivity contribution is 0.0934. The van der Waals surface area contributed by atoms with Gasteiger partial charge in [-0.25, -0.2) is 0 Å². The van der Waals surface area contributed by atoms with Gasteiger partial charge in [-0.3, -0.25) is 4.79 Å². The normalized spacial score (nSPS) is 11.4. The Balaban J connectivity index is 2.76. The quantitative estimate of drug-likeness (QED) is 0.817. The molecule has 0 aliphatic rings. The molecule has 0 bridgehead atoms. The largest absolute Gasteiger partial charge is 0.351 e. The van der Waals surface area contributed by atoms with Crippen LogP contribution in [0.15, 0.2) is 6.07 Å². The number of nitrogens with one attached hydrogen (secondary N) is 1. The van der Waals surface area contributed by atoms with Gasteiger partial charge in [-0.2, -0.15) is 10.2 Å². The highest BCUT2D eigenvalue weighted by atomic mass is 35.5. The molecule has 1 aromatic heterocycles. The maximum absolute atomic E-state index is 12.2. The number of hydrogen-bond acceptors (Lipinski definition) is 3. The molecule has 5 heteroatoms. The fourth-order valence-electron chi connectivity index (χ4n) is 1.73. The zero-order valence-electron chi connectivity index (χ0n) is 12.1. The van der Waals surface area contributed by atoms with Gasteiger partial charge in [0.05, 0.1) is 17.0 Å². The van der Waals surface area contributed by atoms with Crippen molar-refractivity contribution in [2.24, 2.45) is 5.41 Å². The van der Waals surface area contributed by atoms with Gasteiger partial charge in [-0.15, -0.1) is 11.6 Å².